The van der Waals surface area contributed by atoms with Crippen molar-refractivity contribution in [2.45, 2.75) is 19.6 Å². The monoisotopic (exact) mass is 406 g/mol. The van der Waals surface area contributed by atoms with Gasteiger partial charge in [0.2, 0.25) is 15.9 Å². The van der Waals surface area contributed by atoms with E-state index < -0.39 is 15.9 Å². The van der Waals surface area contributed by atoms with Gasteiger partial charge >= 0.3 is 0 Å². The molecule has 7 nitrogen and oxygen atoms in total. The number of carbonyl (C=O) groups excluding carboxylic acids is 1. The summed E-state index contributed by atoms with van der Waals surface area (Å²) >= 11 is 0. The number of rotatable bonds is 10. The second-order valence-corrected chi connectivity index (χ2v) is 8.37. The lowest BCUT2D eigenvalue weighted by molar-refractivity contribution is -0.120. The normalized spacial score (nSPS) is 12.2. The SMILES string of the molecule is COC[C@@H](C)NC(=O)CN(c1ccc(OCc2ccccc2)cc1)S(C)(=O)=O. The quantitative estimate of drug-likeness (QED) is 0.654. The van der Waals surface area contributed by atoms with E-state index in [-0.39, 0.29) is 12.6 Å². The summed E-state index contributed by atoms with van der Waals surface area (Å²) < 4.78 is 36.1. The molecule has 152 valence electrons. The smallest absolute Gasteiger partial charge is 0.241 e. The molecule has 0 saturated carbocycles. The number of sulfonamides is 1. The van der Waals surface area contributed by atoms with Crippen LogP contribution < -0.4 is 14.4 Å². The van der Waals surface area contributed by atoms with E-state index in [9.17, 15) is 13.2 Å². The molecule has 0 radical (unpaired) electrons. The van der Waals surface area contributed by atoms with Gasteiger partial charge in [0.1, 0.15) is 18.9 Å². The largest absolute Gasteiger partial charge is 0.489 e. The van der Waals surface area contributed by atoms with Gasteiger partial charge in [0, 0.05) is 13.2 Å². The van der Waals surface area contributed by atoms with E-state index >= 15 is 0 Å². The van der Waals surface area contributed by atoms with E-state index in [2.05, 4.69) is 5.32 Å². The molecule has 1 N–H and O–H groups in total. The van der Waals surface area contributed by atoms with Gasteiger partial charge in [-0.1, -0.05) is 30.3 Å². The van der Waals surface area contributed by atoms with E-state index in [0.29, 0.717) is 24.7 Å². The summed E-state index contributed by atoms with van der Waals surface area (Å²) in [5, 5.41) is 2.71. The number of hydrogen-bond acceptors (Lipinski definition) is 5. The summed E-state index contributed by atoms with van der Waals surface area (Å²) in [4.78, 5) is 12.2. The van der Waals surface area contributed by atoms with Gasteiger partial charge in [-0.05, 0) is 36.8 Å². The van der Waals surface area contributed by atoms with Gasteiger partial charge in [0.05, 0.1) is 18.6 Å². The Morgan fingerprint density at radius 2 is 1.75 bits per heavy atom. The topological polar surface area (TPSA) is 84.9 Å². The van der Waals surface area contributed by atoms with Crippen molar-refractivity contribution in [3.8, 4) is 5.75 Å². The summed E-state index contributed by atoms with van der Waals surface area (Å²) in [6.45, 7) is 2.23. The first-order valence-electron chi connectivity index (χ1n) is 8.82. The minimum absolute atomic E-state index is 0.215. The van der Waals surface area contributed by atoms with Gasteiger partial charge in [0.25, 0.3) is 0 Å². The molecular formula is C20H26N2O5S. The van der Waals surface area contributed by atoms with Crippen molar-refractivity contribution in [3.05, 3.63) is 60.2 Å². The molecule has 0 aliphatic rings. The predicted octanol–water partition coefficient (Wildman–Crippen LogP) is 2.18. The first-order valence-corrected chi connectivity index (χ1v) is 10.7. The molecule has 0 bridgehead atoms. The van der Waals surface area contributed by atoms with Gasteiger partial charge < -0.3 is 14.8 Å². The molecule has 1 amide bonds. The summed E-state index contributed by atoms with van der Waals surface area (Å²) in [5.74, 6) is 0.207. The maximum absolute atomic E-state index is 12.2. The highest BCUT2D eigenvalue weighted by Crippen LogP contribution is 2.22. The Labute approximate surface area is 166 Å². The van der Waals surface area contributed by atoms with Crippen molar-refractivity contribution in [2.75, 3.05) is 30.8 Å². The molecule has 0 heterocycles. The Kier molecular flexibility index (Phi) is 7.83. The average Bonchev–Trinajstić information content (AvgIpc) is 2.65. The highest BCUT2D eigenvalue weighted by atomic mass is 32.2. The average molecular weight is 407 g/mol. The molecular weight excluding hydrogens is 380 g/mol. The molecule has 2 aromatic rings. The minimum Gasteiger partial charge on any atom is -0.489 e. The van der Waals surface area contributed by atoms with Crippen LogP contribution in [0.4, 0.5) is 5.69 Å². The number of hydrogen-bond donors (Lipinski definition) is 1. The van der Waals surface area contributed by atoms with Crippen LogP contribution in [0.15, 0.2) is 54.6 Å². The number of anilines is 1. The third-order valence-electron chi connectivity index (χ3n) is 3.88. The second kappa shape index (κ2) is 10.1. The Morgan fingerprint density at radius 1 is 1.11 bits per heavy atom. The fourth-order valence-corrected chi connectivity index (χ4v) is 3.45. The summed E-state index contributed by atoms with van der Waals surface area (Å²) in [7, 11) is -2.09. The van der Waals surface area contributed by atoms with Gasteiger partial charge in [-0.25, -0.2) is 8.42 Å². The molecule has 2 aromatic carbocycles. The Hall–Kier alpha value is -2.58. The lowest BCUT2D eigenvalue weighted by Gasteiger charge is -2.23. The van der Waals surface area contributed by atoms with Crippen LogP contribution in [0.25, 0.3) is 0 Å². The molecule has 0 aliphatic carbocycles. The third kappa shape index (κ3) is 6.86. The molecule has 8 heteroatoms. The van der Waals surface area contributed by atoms with Gasteiger partial charge in [-0.15, -0.1) is 0 Å². The highest BCUT2D eigenvalue weighted by Gasteiger charge is 2.21. The molecule has 0 fully saturated rings. The number of carbonyl (C=O) groups is 1. The molecule has 28 heavy (non-hydrogen) atoms. The lowest BCUT2D eigenvalue weighted by atomic mass is 10.2. The molecule has 2 rings (SSSR count). The number of nitrogens with zero attached hydrogens (tertiary/aromatic N) is 1. The van der Waals surface area contributed by atoms with Crippen LogP contribution in [0.3, 0.4) is 0 Å². The van der Waals surface area contributed by atoms with E-state index in [1.807, 2.05) is 30.3 Å². The standard InChI is InChI=1S/C20H26N2O5S/c1-16(14-26-2)21-20(23)13-22(28(3,24)25)18-9-11-19(12-10-18)27-15-17-7-5-4-6-8-17/h4-12,16H,13-15H2,1-3H3,(H,21,23)/t16-/m1/s1. The zero-order valence-electron chi connectivity index (χ0n) is 16.3. The van der Waals surface area contributed by atoms with Gasteiger partial charge in [-0.3, -0.25) is 9.10 Å². The first kappa shape index (κ1) is 21.7. The van der Waals surface area contributed by atoms with Crippen LogP contribution >= 0.6 is 0 Å². The zero-order chi connectivity index (χ0) is 20.6. The van der Waals surface area contributed by atoms with Crippen LogP contribution in [-0.2, 0) is 26.2 Å². The molecule has 0 spiro atoms. The van der Waals surface area contributed by atoms with E-state index in [4.69, 9.17) is 9.47 Å². The van der Waals surface area contributed by atoms with Gasteiger partial charge in [-0.2, -0.15) is 0 Å². The Bertz CT molecular complexity index is 854. The number of ether oxygens (including phenoxy) is 2. The molecule has 0 saturated heterocycles. The van der Waals surface area contributed by atoms with Crippen molar-refractivity contribution in [2.24, 2.45) is 0 Å². The third-order valence-corrected chi connectivity index (χ3v) is 5.03. The number of amides is 1. The molecule has 0 aromatic heterocycles. The molecule has 0 unspecified atom stereocenters. The van der Waals surface area contributed by atoms with Gasteiger partial charge in [0.15, 0.2) is 0 Å². The molecule has 1 atom stereocenters. The zero-order valence-corrected chi connectivity index (χ0v) is 17.1. The van der Waals surface area contributed by atoms with Crippen LogP contribution in [0.2, 0.25) is 0 Å². The summed E-state index contributed by atoms with van der Waals surface area (Å²) in [5.41, 5.74) is 1.43. The van der Waals surface area contributed by atoms with Crippen molar-refractivity contribution in [1.29, 1.82) is 0 Å². The highest BCUT2D eigenvalue weighted by molar-refractivity contribution is 7.92. The molecule has 0 aliphatic heterocycles. The summed E-state index contributed by atoms with van der Waals surface area (Å²) in [6.07, 6.45) is 1.07. The van der Waals surface area contributed by atoms with E-state index in [0.717, 1.165) is 16.1 Å². The maximum atomic E-state index is 12.2. The van der Waals surface area contributed by atoms with E-state index in [1.54, 1.807) is 31.2 Å². The lowest BCUT2D eigenvalue weighted by Crippen LogP contribution is -2.44. The van der Waals surface area contributed by atoms with Crippen LogP contribution in [0.5, 0.6) is 5.75 Å². The number of nitrogens with one attached hydrogen (secondary N) is 1. The van der Waals surface area contributed by atoms with E-state index in [1.165, 1.54) is 7.11 Å². The van der Waals surface area contributed by atoms with Crippen molar-refractivity contribution < 1.29 is 22.7 Å². The minimum atomic E-state index is -3.63. The summed E-state index contributed by atoms with van der Waals surface area (Å²) in [6, 6.07) is 16.1. The fourth-order valence-electron chi connectivity index (χ4n) is 2.59. The number of methoxy groups -OCH3 is 1. The maximum Gasteiger partial charge on any atom is 0.241 e. The fraction of sp³-hybridized carbons (Fsp3) is 0.350. The Morgan fingerprint density at radius 3 is 2.32 bits per heavy atom. The van der Waals surface area contributed by atoms with Crippen molar-refractivity contribution >= 4 is 21.6 Å². The van der Waals surface area contributed by atoms with Crippen LogP contribution in [0.1, 0.15) is 12.5 Å². The first-order chi connectivity index (χ1) is 13.3. The number of benzene rings is 2. The second-order valence-electron chi connectivity index (χ2n) is 6.46. The predicted molar refractivity (Wildman–Crippen MR) is 109 cm³/mol. The van der Waals surface area contributed by atoms with Crippen molar-refractivity contribution in [3.63, 3.8) is 0 Å². The Balaban J connectivity index is 2.04. The van der Waals surface area contributed by atoms with Crippen LogP contribution in [-0.4, -0.2) is 46.9 Å². The van der Waals surface area contributed by atoms with Crippen molar-refractivity contribution in [1.82, 2.24) is 5.32 Å². The van der Waals surface area contributed by atoms with Crippen LogP contribution in [0, 0.1) is 0 Å².